The van der Waals surface area contributed by atoms with Gasteiger partial charge in [0.15, 0.2) is 11.6 Å². The molecule has 1 N–H and O–H groups in total. The van der Waals surface area contributed by atoms with Crippen molar-refractivity contribution in [2.75, 3.05) is 6.61 Å². The van der Waals surface area contributed by atoms with Gasteiger partial charge in [-0.15, -0.1) is 0 Å². The largest absolute Gasteiger partial charge is 0.372 e. The molecular formula is C17H19F2N3O2. The maximum absolute atomic E-state index is 13.2. The predicted molar refractivity (Wildman–Crippen MR) is 83.1 cm³/mol. The molecule has 2 heterocycles. The van der Waals surface area contributed by atoms with Crippen LogP contribution in [0.2, 0.25) is 0 Å². The normalized spacial score (nSPS) is 20.8. The highest BCUT2D eigenvalue weighted by molar-refractivity contribution is 5.78. The molecular weight excluding hydrogens is 316 g/mol. The summed E-state index contributed by atoms with van der Waals surface area (Å²) in [6, 6.07) is 3.49. The van der Waals surface area contributed by atoms with Crippen molar-refractivity contribution in [2.24, 2.45) is 7.05 Å². The van der Waals surface area contributed by atoms with Gasteiger partial charge in [-0.1, -0.05) is 6.07 Å². The van der Waals surface area contributed by atoms with Crippen LogP contribution in [0.25, 0.3) is 0 Å². The lowest BCUT2D eigenvalue weighted by molar-refractivity contribution is -0.122. The number of benzene rings is 1. The standard InChI is InChI=1S/C17H19F2N3O2/c1-22-10-20-9-15(22)16-8-12(4-5-24-16)21-17(23)7-11-2-3-13(18)14(19)6-11/h2-3,6,9-10,12,16H,4-5,7-8H2,1H3,(H,21,23)/t12-,16-/m0/s1. The van der Waals surface area contributed by atoms with E-state index in [1.807, 2.05) is 11.6 Å². The van der Waals surface area contributed by atoms with Crippen LogP contribution in [0.3, 0.4) is 0 Å². The Morgan fingerprint density at radius 1 is 1.42 bits per heavy atom. The monoisotopic (exact) mass is 335 g/mol. The van der Waals surface area contributed by atoms with Crippen LogP contribution < -0.4 is 5.32 Å². The number of aryl methyl sites for hydroxylation is 1. The van der Waals surface area contributed by atoms with Crippen molar-refractivity contribution in [1.29, 1.82) is 0 Å². The Labute approximate surface area is 138 Å². The number of carbonyl (C=O) groups is 1. The molecule has 0 radical (unpaired) electrons. The molecule has 1 aliphatic heterocycles. The number of nitrogens with zero attached hydrogens (tertiary/aromatic N) is 2. The number of ether oxygens (including phenoxy) is 1. The Bertz CT molecular complexity index is 732. The highest BCUT2D eigenvalue weighted by Crippen LogP contribution is 2.27. The summed E-state index contributed by atoms with van der Waals surface area (Å²) < 4.78 is 33.8. The highest BCUT2D eigenvalue weighted by Gasteiger charge is 2.26. The first-order chi connectivity index (χ1) is 11.5. The van der Waals surface area contributed by atoms with Crippen molar-refractivity contribution < 1.29 is 18.3 Å². The van der Waals surface area contributed by atoms with E-state index in [0.717, 1.165) is 24.2 Å². The third-order valence-corrected chi connectivity index (χ3v) is 4.18. The highest BCUT2D eigenvalue weighted by atomic mass is 19.2. The third-order valence-electron chi connectivity index (χ3n) is 4.18. The Morgan fingerprint density at radius 3 is 2.96 bits per heavy atom. The van der Waals surface area contributed by atoms with Crippen molar-refractivity contribution in [3.8, 4) is 0 Å². The zero-order chi connectivity index (χ0) is 17.1. The SMILES string of the molecule is Cn1cncc1[C@@H]1C[C@@H](NC(=O)Cc2ccc(F)c(F)c2)CCO1. The summed E-state index contributed by atoms with van der Waals surface area (Å²) >= 11 is 0. The number of nitrogens with one attached hydrogen (secondary N) is 1. The maximum Gasteiger partial charge on any atom is 0.224 e. The van der Waals surface area contributed by atoms with Crippen LogP contribution in [-0.4, -0.2) is 28.1 Å². The lowest BCUT2D eigenvalue weighted by Crippen LogP contribution is -2.40. The molecule has 1 aromatic carbocycles. The number of amides is 1. The van der Waals surface area contributed by atoms with E-state index in [-0.39, 0.29) is 24.5 Å². The van der Waals surface area contributed by atoms with E-state index in [0.29, 0.717) is 18.6 Å². The second-order valence-electron chi connectivity index (χ2n) is 6.00. The minimum atomic E-state index is -0.942. The molecule has 0 bridgehead atoms. The molecule has 0 saturated carbocycles. The number of rotatable bonds is 4. The lowest BCUT2D eigenvalue weighted by atomic mass is 10.0. The minimum absolute atomic E-state index is 0.0172. The van der Waals surface area contributed by atoms with Crippen LogP contribution in [-0.2, 0) is 23.0 Å². The molecule has 1 aromatic heterocycles. The maximum atomic E-state index is 13.2. The first kappa shape index (κ1) is 16.6. The van der Waals surface area contributed by atoms with Gasteiger partial charge in [0.1, 0.15) is 6.10 Å². The van der Waals surface area contributed by atoms with Gasteiger partial charge in [-0.3, -0.25) is 4.79 Å². The van der Waals surface area contributed by atoms with Gasteiger partial charge in [0.25, 0.3) is 0 Å². The summed E-state index contributed by atoms with van der Waals surface area (Å²) in [6.45, 7) is 0.548. The van der Waals surface area contributed by atoms with E-state index in [4.69, 9.17) is 4.74 Å². The van der Waals surface area contributed by atoms with E-state index >= 15 is 0 Å². The van der Waals surface area contributed by atoms with Crippen LogP contribution in [0.5, 0.6) is 0 Å². The zero-order valence-electron chi connectivity index (χ0n) is 13.3. The van der Waals surface area contributed by atoms with Crippen molar-refractivity contribution in [3.63, 3.8) is 0 Å². The van der Waals surface area contributed by atoms with Crippen LogP contribution >= 0.6 is 0 Å². The minimum Gasteiger partial charge on any atom is -0.372 e. The fraction of sp³-hybridized carbons (Fsp3) is 0.412. The average molecular weight is 335 g/mol. The van der Waals surface area contributed by atoms with Crippen LogP contribution in [0.1, 0.15) is 30.2 Å². The van der Waals surface area contributed by atoms with Crippen molar-refractivity contribution >= 4 is 5.91 Å². The summed E-state index contributed by atoms with van der Waals surface area (Å²) in [5, 5.41) is 2.95. The molecule has 128 valence electrons. The molecule has 3 rings (SSSR count). The fourth-order valence-corrected chi connectivity index (χ4v) is 2.93. The summed E-state index contributed by atoms with van der Waals surface area (Å²) in [7, 11) is 1.90. The molecule has 24 heavy (non-hydrogen) atoms. The van der Waals surface area contributed by atoms with Crippen molar-refractivity contribution in [1.82, 2.24) is 14.9 Å². The number of carbonyl (C=O) groups excluding carboxylic acids is 1. The van der Waals surface area contributed by atoms with Gasteiger partial charge >= 0.3 is 0 Å². The number of hydrogen-bond donors (Lipinski definition) is 1. The van der Waals surface area contributed by atoms with Gasteiger partial charge in [0.05, 0.1) is 24.6 Å². The summed E-state index contributed by atoms with van der Waals surface area (Å²) in [4.78, 5) is 16.2. The second-order valence-corrected chi connectivity index (χ2v) is 6.00. The molecule has 0 unspecified atom stereocenters. The first-order valence-electron chi connectivity index (χ1n) is 7.84. The Morgan fingerprint density at radius 2 is 2.25 bits per heavy atom. The van der Waals surface area contributed by atoms with Gasteiger partial charge in [0.2, 0.25) is 5.91 Å². The topological polar surface area (TPSA) is 56.2 Å². The second kappa shape index (κ2) is 7.09. The number of hydrogen-bond acceptors (Lipinski definition) is 3. The number of aromatic nitrogens is 2. The van der Waals surface area contributed by atoms with Crippen LogP contribution in [0, 0.1) is 11.6 Å². The Kier molecular flexibility index (Phi) is 4.89. The molecule has 0 spiro atoms. The van der Waals surface area contributed by atoms with Crippen molar-refractivity contribution in [2.45, 2.75) is 31.4 Å². The van der Waals surface area contributed by atoms with Gasteiger partial charge in [-0.2, -0.15) is 0 Å². The predicted octanol–water partition coefficient (Wildman–Crippen LogP) is 2.28. The summed E-state index contributed by atoms with van der Waals surface area (Å²) in [6.07, 6.45) is 4.76. The number of halogens is 2. The summed E-state index contributed by atoms with van der Waals surface area (Å²) in [5.74, 6) is -2.07. The van der Waals surface area contributed by atoms with Gasteiger partial charge < -0.3 is 14.6 Å². The molecule has 1 amide bonds. The van der Waals surface area contributed by atoms with Gasteiger partial charge in [-0.25, -0.2) is 13.8 Å². The molecule has 0 aliphatic carbocycles. The van der Waals surface area contributed by atoms with E-state index in [9.17, 15) is 13.6 Å². The van der Waals surface area contributed by atoms with E-state index in [1.165, 1.54) is 6.07 Å². The van der Waals surface area contributed by atoms with Crippen LogP contribution in [0.4, 0.5) is 8.78 Å². The molecule has 7 heteroatoms. The number of imidazole rings is 1. The van der Waals surface area contributed by atoms with Crippen molar-refractivity contribution in [3.05, 3.63) is 53.6 Å². The van der Waals surface area contributed by atoms with Crippen LogP contribution in [0.15, 0.2) is 30.7 Å². The van der Waals surface area contributed by atoms with Gasteiger partial charge in [-0.05, 0) is 30.5 Å². The van der Waals surface area contributed by atoms with E-state index < -0.39 is 11.6 Å². The smallest absolute Gasteiger partial charge is 0.224 e. The molecule has 2 aromatic rings. The zero-order valence-corrected chi connectivity index (χ0v) is 13.3. The molecule has 1 aliphatic rings. The molecule has 1 saturated heterocycles. The molecule has 1 fully saturated rings. The summed E-state index contributed by atoms with van der Waals surface area (Å²) in [5.41, 5.74) is 1.41. The quantitative estimate of drug-likeness (QED) is 0.933. The third kappa shape index (κ3) is 3.79. The van der Waals surface area contributed by atoms with Gasteiger partial charge in [0, 0.05) is 19.7 Å². The molecule has 2 atom stereocenters. The fourth-order valence-electron chi connectivity index (χ4n) is 2.93. The lowest BCUT2D eigenvalue weighted by Gasteiger charge is -2.30. The first-order valence-corrected chi connectivity index (χ1v) is 7.84. The van der Waals surface area contributed by atoms with E-state index in [2.05, 4.69) is 10.3 Å². The average Bonchev–Trinajstić information content (AvgIpc) is 2.97. The Balaban J connectivity index is 1.58. The van der Waals surface area contributed by atoms with E-state index in [1.54, 1.807) is 12.5 Å². The Hall–Kier alpha value is -2.28. The molecule has 5 nitrogen and oxygen atoms in total.